The summed E-state index contributed by atoms with van der Waals surface area (Å²) in [4.78, 5) is 14.4. The first-order valence-corrected chi connectivity index (χ1v) is 6.71. The molecule has 0 aliphatic rings. The Labute approximate surface area is 111 Å². The van der Waals surface area contributed by atoms with Crippen LogP contribution in [0.15, 0.2) is 23.1 Å². The average Bonchev–Trinajstić information content (AvgIpc) is 2.29. The van der Waals surface area contributed by atoms with Crippen molar-refractivity contribution in [1.29, 1.82) is 0 Å². The van der Waals surface area contributed by atoms with Crippen LogP contribution in [0.1, 0.15) is 13.8 Å². The van der Waals surface area contributed by atoms with E-state index < -0.39 is 0 Å². The number of benzene rings is 1. The largest absolute Gasteiger partial charge is 0.398 e. The summed E-state index contributed by atoms with van der Waals surface area (Å²) in [6.07, 6.45) is 0. The summed E-state index contributed by atoms with van der Waals surface area (Å²) in [5, 5.41) is 0.527. The molecule has 0 aromatic heterocycles. The molecular formula is C12H17ClN2OS. The average molecular weight is 273 g/mol. The zero-order valence-electron chi connectivity index (χ0n) is 10.2. The van der Waals surface area contributed by atoms with Crippen molar-refractivity contribution in [2.24, 2.45) is 0 Å². The van der Waals surface area contributed by atoms with Crippen LogP contribution in [0.4, 0.5) is 5.69 Å². The number of thioether (sulfide) groups is 1. The van der Waals surface area contributed by atoms with Gasteiger partial charge in [0, 0.05) is 18.0 Å². The van der Waals surface area contributed by atoms with Crippen molar-refractivity contribution in [3.63, 3.8) is 0 Å². The lowest BCUT2D eigenvalue weighted by Gasteiger charge is -2.21. The maximum atomic E-state index is 11.8. The molecule has 1 amide bonds. The van der Waals surface area contributed by atoms with Crippen molar-refractivity contribution in [2.45, 2.75) is 24.8 Å². The van der Waals surface area contributed by atoms with Crippen molar-refractivity contribution >= 4 is 35.0 Å². The van der Waals surface area contributed by atoms with E-state index in [0.29, 0.717) is 16.5 Å². The number of nitrogens with two attached hydrogens (primary N) is 1. The summed E-state index contributed by atoms with van der Waals surface area (Å²) < 4.78 is 0. The van der Waals surface area contributed by atoms with Crippen molar-refractivity contribution in [3.8, 4) is 0 Å². The quantitative estimate of drug-likeness (QED) is 0.677. The van der Waals surface area contributed by atoms with Gasteiger partial charge in [-0.05, 0) is 32.0 Å². The lowest BCUT2D eigenvalue weighted by atomic mass is 10.3. The van der Waals surface area contributed by atoms with E-state index in [2.05, 4.69) is 0 Å². The molecule has 0 fully saturated rings. The summed E-state index contributed by atoms with van der Waals surface area (Å²) in [6, 6.07) is 5.62. The van der Waals surface area contributed by atoms with Crippen LogP contribution in [0.2, 0.25) is 5.02 Å². The van der Waals surface area contributed by atoms with Gasteiger partial charge in [-0.1, -0.05) is 11.6 Å². The number of halogens is 1. The van der Waals surface area contributed by atoms with E-state index in [1.54, 1.807) is 17.0 Å². The molecule has 3 nitrogen and oxygen atoms in total. The molecular weight excluding hydrogens is 256 g/mol. The lowest BCUT2D eigenvalue weighted by molar-refractivity contribution is -0.128. The minimum atomic E-state index is 0.109. The monoisotopic (exact) mass is 272 g/mol. The van der Waals surface area contributed by atoms with E-state index in [-0.39, 0.29) is 11.9 Å². The fraction of sp³-hybridized carbons (Fsp3) is 0.417. The first kappa shape index (κ1) is 14.2. The first-order chi connectivity index (χ1) is 7.91. The number of hydrogen-bond acceptors (Lipinski definition) is 3. The smallest absolute Gasteiger partial charge is 0.232 e. The van der Waals surface area contributed by atoms with Gasteiger partial charge in [-0.15, -0.1) is 11.8 Å². The zero-order valence-corrected chi connectivity index (χ0v) is 11.8. The predicted octanol–water partition coefficient (Wildman–Crippen LogP) is 2.88. The van der Waals surface area contributed by atoms with Crippen LogP contribution in [0.3, 0.4) is 0 Å². The Morgan fingerprint density at radius 3 is 2.71 bits per heavy atom. The Morgan fingerprint density at radius 1 is 1.53 bits per heavy atom. The maximum absolute atomic E-state index is 11.8. The van der Waals surface area contributed by atoms with E-state index in [0.717, 1.165) is 4.90 Å². The highest BCUT2D eigenvalue weighted by atomic mass is 35.5. The molecule has 1 aromatic carbocycles. The highest BCUT2D eigenvalue weighted by Crippen LogP contribution is 2.26. The Balaban J connectivity index is 2.56. The van der Waals surface area contributed by atoms with Crippen molar-refractivity contribution in [1.82, 2.24) is 4.90 Å². The molecule has 2 N–H and O–H groups in total. The van der Waals surface area contributed by atoms with Gasteiger partial charge < -0.3 is 10.6 Å². The highest BCUT2D eigenvalue weighted by molar-refractivity contribution is 8.00. The van der Waals surface area contributed by atoms with Crippen molar-refractivity contribution < 1.29 is 4.79 Å². The summed E-state index contributed by atoms with van der Waals surface area (Å²) in [6.45, 7) is 3.98. The topological polar surface area (TPSA) is 46.3 Å². The van der Waals surface area contributed by atoms with Gasteiger partial charge in [0.25, 0.3) is 0 Å². The van der Waals surface area contributed by atoms with Gasteiger partial charge in [0.05, 0.1) is 16.5 Å². The minimum Gasteiger partial charge on any atom is -0.398 e. The normalized spacial score (nSPS) is 10.6. The van der Waals surface area contributed by atoms with Gasteiger partial charge in [0.2, 0.25) is 5.91 Å². The van der Waals surface area contributed by atoms with Crippen LogP contribution in [0.25, 0.3) is 0 Å². The number of amides is 1. The van der Waals surface area contributed by atoms with Crippen LogP contribution < -0.4 is 5.73 Å². The number of carbonyl (C=O) groups is 1. The number of anilines is 1. The number of hydrogen-bond donors (Lipinski definition) is 1. The molecule has 5 heteroatoms. The summed E-state index contributed by atoms with van der Waals surface area (Å²) in [5.41, 5.74) is 6.17. The highest BCUT2D eigenvalue weighted by Gasteiger charge is 2.12. The SMILES string of the molecule is CC(C)N(C)C(=O)CSc1ccc(N)c(Cl)c1. The Kier molecular flexibility index (Phi) is 5.15. The molecule has 0 aliphatic carbocycles. The van der Waals surface area contributed by atoms with Crippen LogP contribution >= 0.6 is 23.4 Å². The van der Waals surface area contributed by atoms with E-state index in [4.69, 9.17) is 17.3 Å². The van der Waals surface area contributed by atoms with Gasteiger partial charge in [0.1, 0.15) is 0 Å². The van der Waals surface area contributed by atoms with Gasteiger partial charge in [-0.2, -0.15) is 0 Å². The third-order valence-corrected chi connectivity index (χ3v) is 3.81. The molecule has 0 heterocycles. The van der Waals surface area contributed by atoms with E-state index in [1.165, 1.54) is 11.8 Å². The van der Waals surface area contributed by atoms with E-state index in [1.807, 2.05) is 27.0 Å². The van der Waals surface area contributed by atoms with Crippen molar-refractivity contribution in [3.05, 3.63) is 23.2 Å². The molecule has 1 aromatic rings. The van der Waals surface area contributed by atoms with Crippen LogP contribution in [0, 0.1) is 0 Å². The fourth-order valence-corrected chi connectivity index (χ4v) is 2.24. The van der Waals surface area contributed by atoms with Crippen LogP contribution in [-0.4, -0.2) is 29.6 Å². The predicted molar refractivity (Wildman–Crippen MR) is 74.5 cm³/mol. The molecule has 0 radical (unpaired) electrons. The minimum absolute atomic E-state index is 0.109. The van der Waals surface area contributed by atoms with Gasteiger partial charge in [-0.3, -0.25) is 4.79 Å². The third-order valence-electron chi connectivity index (χ3n) is 2.50. The molecule has 0 saturated heterocycles. The molecule has 94 valence electrons. The molecule has 0 atom stereocenters. The third kappa shape index (κ3) is 4.13. The number of carbonyl (C=O) groups excluding carboxylic acids is 1. The van der Waals surface area contributed by atoms with Crippen LogP contribution in [0.5, 0.6) is 0 Å². The van der Waals surface area contributed by atoms with E-state index >= 15 is 0 Å². The molecule has 0 aliphatic heterocycles. The van der Waals surface area contributed by atoms with E-state index in [9.17, 15) is 4.79 Å². The number of nitrogen functional groups attached to an aromatic ring is 1. The summed E-state index contributed by atoms with van der Waals surface area (Å²) >= 11 is 7.37. The molecule has 1 rings (SSSR count). The molecule has 0 unspecified atom stereocenters. The molecule has 0 saturated carbocycles. The summed E-state index contributed by atoms with van der Waals surface area (Å²) in [7, 11) is 1.81. The maximum Gasteiger partial charge on any atom is 0.232 e. The van der Waals surface area contributed by atoms with Crippen LogP contribution in [-0.2, 0) is 4.79 Å². The second kappa shape index (κ2) is 6.17. The number of rotatable bonds is 4. The van der Waals surface area contributed by atoms with Gasteiger partial charge >= 0.3 is 0 Å². The lowest BCUT2D eigenvalue weighted by Crippen LogP contribution is -2.34. The fourth-order valence-electron chi connectivity index (χ4n) is 1.13. The molecule has 0 bridgehead atoms. The summed E-state index contributed by atoms with van der Waals surface area (Å²) in [5.74, 6) is 0.521. The second-order valence-corrected chi connectivity index (χ2v) is 5.53. The van der Waals surface area contributed by atoms with Crippen molar-refractivity contribution in [2.75, 3.05) is 18.5 Å². The Hall–Kier alpha value is -0.870. The standard InChI is InChI=1S/C12H17ClN2OS/c1-8(2)15(3)12(16)7-17-9-4-5-11(14)10(13)6-9/h4-6,8H,7,14H2,1-3H3. The number of nitrogens with zero attached hydrogens (tertiary/aromatic N) is 1. The second-order valence-electron chi connectivity index (χ2n) is 4.07. The molecule has 0 spiro atoms. The van der Waals surface area contributed by atoms with Gasteiger partial charge in [-0.25, -0.2) is 0 Å². The first-order valence-electron chi connectivity index (χ1n) is 5.35. The zero-order chi connectivity index (χ0) is 13.0. The van der Waals surface area contributed by atoms with Gasteiger partial charge in [0.15, 0.2) is 0 Å². The Morgan fingerprint density at radius 2 is 2.18 bits per heavy atom. The molecule has 17 heavy (non-hydrogen) atoms. The Bertz CT molecular complexity index is 409.